The Hall–Kier alpha value is -2.78. The zero-order valence-electron chi connectivity index (χ0n) is 13.0. The van der Waals surface area contributed by atoms with Gasteiger partial charge in [-0.15, -0.1) is 23.4 Å². The highest BCUT2D eigenvalue weighted by Gasteiger charge is 2.32. The number of aryl methyl sites for hydroxylation is 1. The third-order valence-electron chi connectivity index (χ3n) is 3.35. The van der Waals surface area contributed by atoms with Crippen molar-refractivity contribution in [3.8, 4) is 17.0 Å². The summed E-state index contributed by atoms with van der Waals surface area (Å²) in [6.45, 7) is 2.11. The van der Waals surface area contributed by atoms with Gasteiger partial charge in [0.05, 0.1) is 5.69 Å². The molecule has 3 rings (SSSR count). The smallest absolute Gasteiger partial charge is 0.406 e. The van der Waals surface area contributed by atoms with Crippen LogP contribution in [0, 0.1) is 6.92 Å². The van der Waals surface area contributed by atoms with Gasteiger partial charge in [0.25, 0.3) is 0 Å². The van der Waals surface area contributed by atoms with E-state index in [1.54, 1.807) is 0 Å². The van der Waals surface area contributed by atoms with E-state index < -0.39 is 18.1 Å². The molecule has 1 aromatic carbocycles. The van der Waals surface area contributed by atoms with Crippen LogP contribution in [-0.4, -0.2) is 26.2 Å². The molecular formula is C15H11F5N4O. The van der Waals surface area contributed by atoms with Crippen molar-refractivity contribution in [1.29, 1.82) is 0 Å². The van der Waals surface area contributed by atoms with Crippen LogP contribution in [0.4, 0.5) is 22.0 Å². The number of hydrogen-bond acceptors (Lipinski definition) is 4. The average molecular weight is 358 g/mol. The van der Waals surface area contributed by atoms with E-state index in [4.69, 9.17) is 0 Å². The first-order valence-electron chi connectivity index (χ1n) is 7.02. The number of nitrogens with zero attached hydrogens (tertiary/aromatic N) is 4. The summed E-state index contributed by atoms with van der Waals surface area (Å²) < 4.78 is 68.8. The summed E-state index contributed by atoms with van der Waals surface area (Å²) in [5.74, 6) is -4.22. The van der Waals surface area contributed by atoms with Crippen LogP contribution in [-0.2, 0) is 5.92 Å². The lowest BCUT2D eigenvalue weighted by Gasteiger charge is -2.12. The Bertz CT molecular complexity index is 930. The third kappa shape index (κ3) is 3.52. The summed E-state index contributed by atoms with van der Waals surface area (Å²) in [4.78, 5) is 0. The number of fused-ring (bicyclic) bond motifs is 1. The molecule has 10 heteroatoms. The normalized spacial score (nSPS) is 12.6. The van der Waals surface area contributed by atoms with Crippen LogP contribution < -0.4 is 4.74 Å². The maximum Gasteiger partial charge on any atom is 0.573 e. The molecular weight excluding hydrogens is 347 g/mol. The summed E-state index contributed by atoms with van der Waals surface area (Å²) in [6, 6.07) is 6.88. The molecule has 0 N–H and O–H groups in total. The fraction of sp³-hybridized carbons (Fsp3) is 0.267. The molecule has 0 saturated carbocycles. The molecule has 0 atom stereocenters. The quantitative estimate of drug-likeness (QED) is 0.661. The minimum absolute atomic E-state index is 0.133. The molecule has 0 amide bonds. The standard InChI is InChI=1S/C15H11F5N4O/c1-8-7-9(3-5-11(8)25-15(18,19)20)10-4-6-12-21-22-13(14(2,16)17)24(12)23-10/h3-7H,1-2H3. The van der Waals surface area contributed by atoms with Crippen molar-refractivity contribution in [2.75, 3.05) is 0 Å². The van der Waals surface area contributed by atoms with Crippen molar-refractivity contribution >= 4 is 5.65 Å². The van der Waals surface area contributed by atoms with Gasteiger partial charge in [-0.25, -0.2) is 0 Å². The molecule has 0 aliphatic rings. The second-order valence-electron chi connectivity index (χ2n) is 5.43. The van der Waals surface area contributed by atoms with Gasteiger partial charge in [0.15, 0.2) is 5.65 Å². The van der Waals surface area contributed by atoms with Crippen LogP contribution in [0.5, 0.6) is 5.75 Å². The highest BCUT2D eigenvalue weighted by molar-refractivity contribution is 5.63. The van der Waals surface area contributed by atoms with Crippen LogP contribution in [0.15, 0.2) is 30.3 Å². The molecule has 2 aromatic heterocycles. The third-order valence-corrected chi connectivity index (χ3v) is 3.35. The summed E-state index contributed by atoms with van der Waals surface area (Å²) in [6.07, 6.45) is -4.80. The summed E-state index contributed by atoms with van der Waals surface area (Å²) in [5, 5.41) is 11.1. The molecule has 3 aromatic rings. The highest BCUT2D eigenvalue weighted by atomic mass is 19.4. The molecule has 0 aliphatic heterocycles. The highest BCUT2D eigenvalue weighted by Crippen LogP contribution is 2.30. The molecule has 0 fully saturated rings. The number of alkyl halides is 5. The van der Waals surface area contributed by atoms with Gasteiger partial charge in [0.1, 0.15) is 5.75 Å². The van der Waals surface area contributed by atoms with Crippen molar-refractivity contribution in [3.63, 3.8) is 0 Å². The lowest BCUT2D eigenvalue weighted by Crippen LogP contribution is -2.17. The van der Waals surface area contributed by atoms with E-state index >= 15 is 0 Å². The van der Waals surface area contributed by atoms with Crippen LogP contribution in [0.1, 0.15) is 18.3 Å². The second kappa shape index (κ2) is 5.64. The van der Waals surface area contributed by atoms with Crippen molar-refractivity contribution in [3.05, 3.63) is 41.7 Å². The number of aromatic nitrogens is 4. The number of benzene rings is 1. The van der Waals surface area contributed by atoms with E-state index in [0.29, 0.717) is 12.5 Å². The fourth-order valence-corrected chi connectivity index (χ4v) is 2.26. The van der Waals surface area contributed by atoms with E-state index in [-0.39, 0.29) is 22.7 Å². The van der Waals surface area contributed by atoms with Crippen LogP contribution in [0.3, 0.4) is 0 Å². The average Bonchev–Trinajstić information content (AvgIpc) is 2.91. The molecule has 25 heavy (non-hydrogen) atoms. The Kier molecular flexibility index (Phi) is 3.85. The first kappa shape index (κ1) is 17.1. The molecule has 0 aliphatic carbocycles. The predicted molar refractivity (Wildman–Crippen MR) is 77.2 cm³/mol. The SMILES string of the molecule is Cc1cc(-c2ccc3nnc(C(C)(F)F)n3n2)ccc1OC(F)(F)F. The number of ether oxygens (including phenoxy) is 1. The Balaban J connectivity index is 2.03. The first-order chi connectivity index (χ1) is 11.5. The van der Waals surface area contributed by atoms with Crippen molar-refractivity contribution < 1.29 is 26.7 Å². The van der Waals surface area contributed by atoms with Gasteiger partial charge in [-0.05, 0) is 42.8 Å². The van der Waals surface area contributed by atoms with Gasteiger partial charge in [0.2, 0.25) is 5.82 Å². The lowest BCUT2D eigenvalue weighted by atomic mass is 10.1. The van der Waals surface area contributed by atoms with Crippen LogP contribution in [0.2, 0.25) is 0 Å². The van der Waals surface area contributed by atoms with Gasteiger partial charge in [0, 0.05) is 12.5 Å². The van der Waals surface area contributed by atoms with Crippen LogP contribution >= 0.6 is 0 Å². The Labute approximate surface area is 138 Å². The molecule has 0 bridgehead atoms. The van der Waals surface area contributed by atoms with Gasteiger partial charge < -0.3 is 4.74 Å². The number of hydrogen-bond donors (Lipinski definition) is 0. The fourth-order valence-electron chi connectivity index (χ4n) is 2.26. The summed E-state index contributed by atoms with van der Waals surface area (Å²) >= 11 is 0. The molecule has 0 saturated heterocycles. The Morgan fingerprint density at radius 1 is 1.00 bits per heavy atom. The summed E-state index contributed by atoms with van der Waals surface area (Å²) in [5.41, 5.74) is 1.07. The largest absolute Gasteiger partial charge is 0.573 e. The number of rotatable bonds is 3. The van der Waals surface area contributed by atoms with E-state index in [1.807, 2.05) is 0 Å². The maximum absolute atomic E-state index is 13.5. The van der Waals surface area contributed by atoms with Crippen molar-refractivity contribution in [1.82, 2.24) is 19.8 Å². The second-order valence-corrected chi connectivity index (χ2v) is 5.43. The maximum atomic E-state index is 13.5. The molecule has 0 radical (unpaired) electrons. The van der Waals surface area contributed by atoms with Gasteiger partial charge in [-0.1, -0.05) is 0 Å². The molecule has 2 heterocycles. The molecule has 0 unspecified atom stereocenters. The minimum Gasteiger partial charge on any atom is -0.406 e. The van der Waals surface area contributed by atoms with E-state index in [2.05, 4.69) is 20.0 Å². The predicted octanol–water partition coefficient (Wildman–Crippen LogP) is 4.11. The number of halogens is 5. The van der Waals surface area contributed by atoms with Crippen molar-refractivity contribution in [2.24, 2.45) is 0 Å². The zero-order chi connectivity index (χ0) is 18.4. The van der Waals surface area contributed by atoms with Gasteiger partial charge in [-0.3, -0.25) is 0 Å². The van der Waals surface area contributed by atoms with E-state index in [0.717, 1.165) is 10.6 Å². The van der Waals surface area contributed by atoms with Gasteiger partial charge >= 0.3 is 12.3 Å². The van der Waals surface area contributed by atoms with Crippen molar-refractivity contribution in [2.45, 2.75) is 26.1 Å². The first-order valence-corrected chi connectivity index (χ1v) is 7.02. The monoisotopic (exact) mass is 358 g/mol. The Morgan fingerprint density at radius 3 is 2.32 bits per heavy atom. The van der Waals surface area contributed by atoms with E-state index in [9.17, 15) is 22.0 Å². The lowest BCUT2D eigenvalue weighted by molar-refractivity contribution is -0.274. The zero-order valence-corrected chi connectivity index (χ0v) is 13.0. The summed E-state index contributed by atoms with van der Waals surface area (Å²) in [7, 11) is 0. The minimum atomic E-state index is -4.80. The Morgan fingerprint density at radius 2 is 1.72 bits per heavy atom. The molecule has 132 valence electrons. The topological polar surface area (TPSA) is 52.3 Å². The van der Waals surface area contributed by atoms with Crippen LogP contribution in [0.25, 0.3) is 16.9 Å². The molecule has 5 nitrogen and oxygen atoms in total. The van der Waals surface area contributed by atoms with E-state index in [1.165, 1.54) is 31.2 Å². The molecule has 0 spiro atoms. The van der Waals surface area contributed by atoms with Gasteiger partial charge in [-0.2, -0.15) is 18.4 Å².